The third-order valence-corrected chi connectivity index (χ3v) is 5.01. The summed E-state index contributed by atoms with van der Waals surface area (Å²) in [6.45, 7) is 0. The SMILES string of the molecule is COc1ccc(Cc2ccc(C(F)(F)F)cc2)cc1NC(=O)C1CCC(=O)N1C. The van der Waals surface area contributed by atoms with E-state index in [1.807, 2.05) is 0 Å². The highest BCUT2D eigenvalue weighted by Crippen LogP contribution is 2.31. The molecule has 1 aliphatic heterocycles. The Hall–Kier alpha value is -3.03. The van der Waals surface area contributed by atoms with Crippen LogP contribution < -0.4 is 10.1 Å². The van der Waals surface area contributed by atoms with E-state index in [1.165, 1.54) is 24.1 Å². The van der Waals surface area contributed by atoms with Gasteiger partial charge in [0.25, 0.3) is 0 Å². The summed E-state index contributed by atoms with van der Waals surface area (Å²) in [6.07, 6.45) is -3.19. The second kappa shape index (κ2) is 8.14. The first-order valence-electron chi connectivity index (χ1n) is 9.08. The summed E-state index contributed by atoms with van der Waals surface area (Å²) in [7, 11) is 3.07. The van der Waals surface area contributed by atoms with E-state index in [9.17, 15) is 22.8 Å². The summed E-state index contributed by atoms with van der Waals surface area (Å²) in [5, 5.41) is 2.80. The van der Waals surface area contributed by atoms with Gasteiger partial charge in [0.1, 0.15) is 11.8 Å². The number of hydrogen-bond donors (Lipinski definition) is 1. The highest BCUT2D eigenvalue weighted by atomic mass is 19.4. The summed E-state index contributed by atoms with van der Waals surface area (Å²) in [4.78, 5) is 25.7. The summed E-state index contributed by atoms with van der Waals surface area (Å²) < 4.78 is 43.4. The van der Waals surface area contributed by atoms with Gasteiger partial charge in [-0.3, -0.25) is 9.59 Å². The molecule has 29 heavy (non-hydrogen) atoms. The van der Waals surface area contributed by atoms with Crippen LogP contribution in [-0.4, -0.2) is 36.9 Å². The van der Waals surface area contributed by atoms with Crippen LogP contribution in [0.2, 0.25) is 0 Å². The molecular formula is C21H21F3N2O3. The monoisotopic (exact) mass is 406 g/mol. The van der Waals surface area contributed by atoms with Crippen LogP contribution in [0.15, 0.2) is 42.5 Å². The summed E-state index contributed by atoms with van der Waals surface area (Å²) in [5.41, 5.74) is 1.27. The predicted molar refractivity (Wildman–Crippen MR) is 102 cm³/mol. The summed E-state index contributed by atoms with van der Waals surface area (Å²) >= 11 is 0. The van der Waals surface area contributed by atoms with E-state index in [4.69, 9.17) is 4.74 Å². The van der Waals surface area contributed by atoms with E-state index in [1.54, 1.807) is 25.2 Å². The van der Waals surface area contributed by atoms with E-state index in [0.29, 0.717) is 36.3 Å². The molecule has 8 heteroatoms. The maximum Gasteiger partial charge on any atom is 0.416 e. The van der Waals surface area contributed by atoms with Crippen molar-refractivity contribution >= 4 is 17.5 Å². The maximum atomic E-state index is 12.7. The zero-order valence-electron chi connectivity index (χ0n) is 16.0. The molecule has 2 aromatic rings. The average molecular weight is 406 g/mol. The van der Waals surface area contributed by atoms with Crippen molar-refractivity contribution in [2.45, 2.75) is 31.5 Å². The number of ether oxygens (including phenoxy) is 1. The highest BCUT2D eigenvalue weighted by molar-refractivity contribution is 5.99. The molecule has 3 rings (SSSR count). The second-order valence-corrected chi connectivity index (χ2v) is 6.95. The molecule has 154 valence electrons. The molecule has 0 bridgehead atoms. The standard InChI is InChI=1S/C21H21F3N2O3/c1-26-17(8-10-19(26)27)20(28)25-16-12-14(5-9-18(16)29-2)11-13-3-6-15(7-4-13)21(22,23)24/h3-7,9,12,17H,8,10-11H2,1-2H3,(H,25,28). The number of methoxy groups -OCH3 is 1. The van der Waals surface area contributed by atoms with E-state index in [0.717, 1.165) is 17.7 Å². The van der Waals surface area contributed by atoms with Gasteiger partial charge in [0.15, 0.2) is 0 Å². The number of amides is 2. The van der Waals surface area contributed by atoms with Gasteiger partial charge in [0.2, 0.25) is 11.8 Å². The number of alkyl halides is 3. The Labute approximate surface area is 166 Å². The van der Waals surface area contributed by atoms with Gasteiger partial charge in [0, 0.05) is 13.5 Å². The van der Waals surface area contributed by atoms with Gasteiger partial charge in [-0.2, -0.15) is 13.2 Å². The Morgan fingerprint density at radius 1 is 1.17 bits per heavy atom. The van der Waals surface area contributed by atoms with E-state index >= 15 is 0 Å². The van der Waals surface area contributed by atoms with Gasteiger partial charge in [-0.1, -0.05) is 18.2 Å². The van der Waals surface area contributed by atoms with Crippen molar-refractivity contribution in [1.29, 1.82) is 0 Å². The van der Waals surface area contributed by atoms with E-state index in [-0.39, 0.29) is 11.8 Å². The lowest BCUT2D eigenvalue weighted by Crippen LogP contribution is -2.38. The number of benzene rings is 2. The summed E-state index contributed by atoms with van der Waals surface area (Å²) in [5.74, 6) is 0.0815. The average Bonchev–Trinajstić information content (AvgIpc) is 3.00. The number of anilines is 1. The molecule has 1 heterocycles. The van der Waals surface area contributed by atoms with Crippen LogP contribution in [0.3, 0.4) is 0 Å². The number of likely N-dealkylation sites (tertiary alicyclic amines) is 1. The minimum absolute atomic E-state index is 0.0758. The number of halogens is 3. The molecule has 1 N–H and O–H groups in total. The molecule has 2 amide bonds. The van der Waals surface area contributed by atoms with Crippen LogP contribution in [0.4, 0.5) is 18.9 Å². The molecule has 0 radical (unpaired) electrons. The molecule has 1 unspecified atom stereocenters. The minimum Gasteiger partial charge on any atom is -0.495 e. The van der Waals surface area contributed by atoms with Gasteiger partial charge in [-0.25, -0.2) is 0 Å². The lowest BCUT2D eigenvalue weighted by atomic mass is 10.0. The lowest BCUT2D eigenvalue weighted by Gasteiger charge is -2.20. The fourth-order valence-corrected chi connectivity index (χ4v) is 3.34. The first kappa shape index (κ1) is 20.7. The molecule has 0 saturated carbocycles. The Bertz CT molecular complexity index is 910. The van der Waals surface area contributed by atoms with E-state index in [2.05, 4.69) is 5.32 Å². The molecular weight excluding hydrogens is 385 g/mol. The molecule has 1 aliphatic rings. The first-order chi connectivity index (χ1) is 13.7. The highest BCUT2D eigenvalue weighted by Gasteiger charge is 2.33. The number of carbonyl (C=O) groups excluding carboxylic acids is 2. The van der Waals surface area contributed by atoms with Crippen LogP contribution in [0, 0.1) is 0 Å². The Morgan fingerprint density at radius 2 is 1.83 bits per heavy atom. The molecule has 0 spiro atoms. The third kappa shape index (κ3) is 4.70. The van der Waals surface area contributed by atoms with Crippen molar-refractivity contribution in [2.75, 3.05) is 19.5 Å². The molecule has 1 fully saturated rings. The van der Waals surface area contributed by atoms with Crippen LogP contribution >= 0.6 is 0 Å². The Morgan fingerprint density at radius 3 is 2.38 bits per heavy atom. The van der Waals surface area contributed by atoms with E-state index < -0.39 is 17.8 Å². The smallest absolute Gasteiger partial charge is 0.416 e. The maximum absolute atomic E-state index is 12.7. The van der Waals surface area contributed by atoms with Crippen LogP contribution in [0.1, 0.15) is 29.5 Å². The molecule has 1 atom stereocenters. The van der Waals surface area contributed by atoms with Crippen molar-refractivity contribution < 1.29 is 27.5 Å². The second-order valence-electron chi connectivity index (χ2n) is 6.95. The van der Waals surface area contributed by atoms with Gasteiger partial charge >= 0.3 is 6.18 Å². The Balaban J connectivity index is 1.76. The van der Waals surface area contributed by atoms with Crippen LogP contribution in [-0.2, 0) is 22.2 Å². The molecule has 2 aromatic carbocycles. The number of likely N-dealkylation sites (N-methyl/N-ethyl adjacent to an activating group) is 1. The number of carbonyl (C=O) groups is 2. The van der Waals surface area contributed by atoms with Gasteiger partial charge in [-0.15, -0.1) is 0 Å². The zero-order chi connectivity index (χ0) is 21.2. The fourth-order valence-electron chi connectivity index (χ4n) is 3.34. The topological polar surface area (TPSA) is 58.6 Å². The van der Waals surface area contributed by atoms with Crippen molar-refractivity contribution in [3.05, 3.63) is 59.2 Å². The largest absolute Gasteiger partial charge is 0.495 e. The number of rotatable bonds is 5. The summed E-state index contributed by atoms with van der Waals surface area (Å²) in [6, 6.07) is 9.64. The van der Waals surface area contributed by atoms with Crippen molar-refractivity contribution in [3.63, 3.8) is 0 Å². The lowest BCUT2D eigenvalue weighted by molar-refractivity contribution is -0.137. The predicted octanol–water partition coefficient (Wildman–Crippen LogP) is 3.86. The number of hydrogen-bond acceptors (Lipinski definition) is 3. The van der Waals surface area contributed by atoms with Crippen molar-refractivity contribution in [2.24, 2.45) is 0 Å². The normalized spacial score (nSPS) is 16.8. The zero-order valence-corrected chi connectivity index (χ0v) is 16.0. The van der Waals surface area contributed by atoms with Crippen molar-refractivity contribution in [3.8, 4) is 5.75 Å². The van der Waals surface area contributed by atoms with Gasteiger partial charge in [-0.05, 0) is 48.2 Å². The molecule has 0 aliphatic carbocycles. The molecule has 1 saturated heterocycles. The fraction of sp³-hybridized carbons (Fsp3) is 0.333. The Kier molecular flexibility index (Phi) is 5.81. The quantitative estimate of drug-likeness (QED) is 0.820. The van der Waals surface area contributed by atoms with Crippen molar-refractivity contribution in [1.82, 2.24) is 4.90 Å². The van der Waals surface area contributed by atoms with Crippen LogP contribution in [0.25, 0.3) is 0 Å². The number of nitrogens with one attached hydrogen (secondary N) is 1. The third-order valence-electron chi connectivity index (χ3n) is 5.01. The first-order valence-corrected chi connectivity index (χ1v) is 9.08. The number of nitrogens with zero attached hydrogens (tertiary/aromatic N) is 1. The molecule has 0 aromatic heterocycles. The molecule has 5 nitrogen and oxygen atoms in total. The van der Waals surface area contributed by atoms with Gasteiger partial charge < -0.3 is 15.0 Å². The minimum atomic E-state index is -4.37. The van der Waals surface area contributed by atoms with Gasteiger partial charge in [0.05, 0.1) is 18.4 Å². The van der Waals surface area contributed by atoms with Crippen LogP contribution in [0.5, 0.6) is 5.75 Å².